The van der Waals surface area contributed by atoms with Crippen molar-refractivity contribution in [2.45, 2.75) is 24.7 Å². The van der Waals surface area contributed by atoms with E-state index in [1.807, 2.05) is 23.2 Å². The molecule has 1 aromatic rings. The predicted octanol–water partition coefficient (Wildman–Crippen LogP) is 3.36. The lowest BCUT2D eigenvalue weighted by molar-refractivity contribution is 0.582. The zero-order chi connectivity index (χ0) is 15.7. The Morgan fingerprint density at radius 2 is 1.95 bits per heavy atom. The van der Waals surface area contributed by atoms with Crippen LogP contribution in [0.15, 0.2) is 56.8 Å². The van der Waals surface area contributed by atoms with Gasteiger partial charge in [-0.25, -0.2) is 8.42 Å². The van der Waals surface area contributed by atoms with Crippen LogP contribution in [0.2, 0.25) is 0 Å². The van der Waals surface area contributed by atoms with Crippen LogP contribution >= 0.6 is 11.9 Å². The summed E-state index contributed by atoms with van der Waals surface area (Å²) in [5.41, 5.74) is 1.13. The third-order valence-corrected chi connectivity index (χ3v) is 6.18. The maximum atomic E-state index is 12.9. The molecule has 0 spiro atoms. The molecular formula is C16H18N2O2S2. The van der Waals surface area contributed by atoms with Crippen molar-refractivity contribution in [2.75, 3.05) is 12.3 Å². The summed E-state index contributed by atoms with van der Waals surface area (Å²) in [4.78, 5) is 2.49. The molecule has 4 nitrogen and oxygen atoms in total. The highest BCUT2D eigenvalue weighted by Crippen LogP contribution is 2.29. The number of allylic oxidation sites excluding steroid dienone is 2. The highest BCUT2D eigenvalue weighted by molar-refractivity contribution is 7.99. The Bertz CT molecular complexity index is 760. The first-order chi connectivity index (χ1) is 10.5. The monoisotopic (exact) mass is 334 g/mol. The van der Waals surface area contributed by atoms with Gasteiger partial charge in [0.05, 0.1) is 4.90 Å². The van der Waals surface area contributed by atoms with Gasteiger partial charge in [0, 0.05) is 18.5 Å². The fourth-order valence-corrected chi connectivity index (χ4v) is 4.58. The fourth-order valence-electron chi connectivity index (χ4n) is 2.41. The highest BCUT2D eigenvalue weighted by atomic mass is 32.2. The molecule has 0 saturated heterocycles. The van der Waals surface area contributed by atoms with Crippen molar-refractivity contribution in [3.8, 4) is 0 Å². The van der Waals surface area contributed by atoms with Crippen LogP contribution in [0.5, 0.6) is 0 Å². The lowest BCUT2D eigenvalue weighted by atomic mass is 10.0. The first-order valence-corrected chi connectivity index (χ1v) is 9.63. The van der Waals surface area contributed by atoms with Gasteiger partial charge in [-0.1, -0.05) is 26.0 Å². The van der Waals surface area contributed by atoms with Crippen molar-refractivity contribution in [3.05, 3.63) is 53.1 Å². The second kappa shape index (κ2) is 5.93. The van der Waals surface area contributed by atoms with Crippen LogP contribution in [0.1, 0.15) is 25.3 Å². The molecule has 1 aromatic carbocycles. The zero-order valence-electron chi connectivity index (χ0n) is 12.6. The number of fused-ring (bicyclic) bond motifs is 1. The van der Waals surface area contributed by atoms with Crippen LogP contribution in [0.3, 0.4) is 0 Å². The third-order valence-electron chi connectivity index (χ3n) is 3.73. The summed E-state index contributed by atoms with van der Waals surface area (Å²) >= 11 is 1.41. The zero-order valence-corrected chi connectivity index (χ0v) is 14.2. The molecule has 2 aliphatic rings. The Balaban J connectivity index is 2.00. The Morgan fingerprint density at radius 3 is 2.64 bits per heavy atom. The predicted molar refractivity (Wildman–Crippen MR) is 91.5 cm³/mol. The Hall–Kier alpha value is -1.53. The molecule has 0 amide bonds. The van der Waals surface area contributed by atoms with Gasteiger partial charge in [-0.15, -0.1) is 0 Å². The van der Waals surface area contributed by atoms with Gasteiger partial charge in [0.15, 0.2) is 5.84 Å². The van der Waals surface area contributed by atoms with E-state index < -0.39 is 9.84 Å². The summed E-state index contributed by atoms with van der Waals surface area (Å²) in [6.45, 7) is 4.95. The van der Waals surface area contributed by atoms with Gasteiger partial charge in [0.1, 0.15) is 4.91 Å². The molecular weight excluding hydrogens is 316 g/mol. The quantitative estimate of drug-likeness (QED) is 0.795. The molecule has 0 N–H and O–H groups in total. The number of hydrogen-bond donors (Lipinski definition) is 0. The SMILES string of the molecule is CC(C)c1ccc(S(=O)(=O)C2=CC=CN3CCSN=C23)cc1. The van der Waals surface area contributed by atoms with E-state index in [1.165, 1.54) is 11.9 Å². The van der Waals surface area contributed by atoms with Gasteiger partial charge >= 0.3 is 0 Å². The van der Waals surface area contributed by atoms with Crippen LogP contribution in [0.4, 0.5) is 0 Å². The first kappa shape index (κ1) is 15.4. The number of hydrogen-bond acceptors (Lipinski definition) is 5. The standard InChI is InChI=1S/C16H18N2O2S2/c1-12(2)13-5-7-14(8-6-13)22(19,20)15-4-3-9-18-10-11-21-17-16(15)18/h3-9,12H,10-11H2,1-2H3. The minimum Gasteiger partial charge on any atom is -0.331 e. The van der Waals surface area contributed by atoms with Gasteiger partial charge in [0.2, 0.25) is 9.84 Å². The summed E-state index contributed by atoms with van der Waals surface area (Å²) in [5, 5.41) is 0. The molecule has 0 saturated carbocycles. The van der Waals surface area contributed by atoms with Gasteiger partial charge in [-0.3, -0.25) is 0 Å². The highest BCUT2D eigenvalue weighted by Gasteiger charge is 2.30. The average molecular weight is 334 g/mol. The third kappa shape index (κ3) is 2.73. The van der Waals surface area contributed by atoms with Crippen molar-refractivity contribution < 1.29 is 8.42 Å². The summed E-state index contributed by atoms with van der Waals surface area (Å²) in [5.74, 6) is 1.78. The fraction of sp³-hybridized carbons (Fsp3) is 0.312. The second-order valence-corrected chi connectivity index (χ2v) is 8.31. The summed E-state index contributed by atoms with van der Waals surface area (Å²) in [7, 11) is -3.55. The minimum absolute atomic E-state index is 0.277. The van der Waals surface area contributed by atoms with E-state index in [-0.39, 0.29) is 4.91 Å². The van der Waals surface area contributed by atoms with Crippen LogP contribution in [0, 0.1) is 0 Å². The largest absolute Gasteiger partial charge is 0.331 e. The molecule has 0 atom stereocenters. The van der Waals surface area contributed by atoms with Gasteiger partial charge in [0.25, 0.3) is 0 Å². The van der Waals surface area contributed by atoms with Gasteiger partial charge in [-0.2, -0.15) is 4.40 Å². The molecule has 2 heterocycles. The van der Waals surface area contributed by atoms with Gasteiger partial charge in [-0.05, 0) is 47.7 Å². The molecule has 0 bridgehead atoms. The van der Waals surface area contributed by atoms with E-state index in [4.69, 9.17) is 0 Å². The Morgan fingerprint density at radius 1 is 1.23 bits per heavy atom. The molecule has 3 rings (SSSR count). The number of rotatable bonds is 3. The van der Waals surface area contributed by atoms with E-state index in [2.05, 4.69) is 18.2 Å². The maximum Gasteiger partial charge on any atom is 0.210 e. The average Bonchev–Trinajstić information content (AvgIpc) is 2.54. The molecule has 0 radical (unpaired) electrons. The maximum absolute atomic E-state index is 12.9. The minimum atomic E-state index is -3.55. The molecule has 0 aromatic heterocycles. The molecule has 0 fully saturated rings. The van der Waals surface area contributed by atoms with Crippen molar-refractivity contribution in [3.63, 3.8) is 0 Å². The van der Waals surface area contributed by atoms with Crippen LogP contribution in [0.25, 0.3) is 0 Å². The topological polar surface area (TPSA) is 49.7 Å². The second-order valence-electron chi connectivity index (χ2n) is 5.54. The number of benzene rings is 1. The molecule has 0 unspecified atom stereocenters. The number of nitrogens with zero attached hydrogens (tertiary/aromatic N) is 2. The summed E-state index contributed by atoms with van der Waals surface area (Å²) < 4.78 is 30.1. The smallest absolute Gasteiger partial charge is 0.210 e. The van der Waals surface area contributed by atoms with Crippen LogP contribution in [-0.4, -0.2) is 31.5 Å². The lowest BCUT2D eigenvalue weighted by Crippen LogP contribution is -2.35. The first-order valence-electron chi connectivity index (χ1n) is 7.20. The number of sulfone groups is 1. The Labute approximate surface area is 135 Å². The normalized spacial score (nSPS) is 18.0. The van der Waals surface area contributed by atoms with E-state index in [1.54, 1.807) is 24.3 Å². The lowest BCUT2D eigenvalue weighted by Gasteiger charge is -2.28. The van der Waals surface area contributed by atoms with Crippen molar-refractivity contribution in [2.24, 2.45) is 4.40 Å². The molecule has 0 aliphatic carbocycles. The number of amidine groups is 1. The van der Waals surface area contributed by atoms with Crippen molar-refractivity contribution in [1.82, 2.24) is 4.90 Å². The van der Waals surface area contributed by atoms with E-state index in [0.29, 0.717) is 16.6 Å². The van der Waals surface area contributed by atoms with Gasteiger partial charge < -0.3 is 4.90 Å². The molecule has 22 heavy (non-hydrogen) atoms. The van der Waals surface area contributed by atoms with Crippen molar-refractivity contribution >= 4 is 27.6 Å². The summed E-state index contributed by atoms with van der Waals surface area (Å²) in [6, 6.07) is 7.13. The Kier molecular flexibility index (Phi) is 4.14. The molecule has 6 heteroatoms. The molecule has 2 aliphatic heterocycles. The van der Waals surface area contributed by atoms with Crippen molar-refractivity contribution in [1.29, 1.82) is 0 Å². The van der Waals surface area contributed by atoms with Crippen LogP contribution < -0.4 is 0 Å². The molecule has 116 valence electrons. The van der Waals surface area contributed by atoms with E-state index in [9.17, 15) is 8.42 Å². The van der Waals surface area contributed by atoms with E-state index in [0.717, 1.165) is 17.9 Å². The van der Waals surface area contributed by atoms with Crippen LogP contribution in [-0.2, 0) is 9.84 Å². The summed E-state index contributed by atoms with van der Waals surface area (Å²) in [6.07, 6.45) is 5.27. The van der Waals surface area contributed by atoms with E-state index >= 15 is 0 Å².